The molecule has 0 radical (unpaired) electrons. The summed E-state index contributed by atoms with van der Waals surface area (Å²) in [7, 11) is 1.49. The fourth-order valence-corrected chi connectivity index (χ4v) is 1.56. The minimum absolute atomic E-state index is 0.0747. The molecule has 0 N–H and O–H groups in total. The summed E-state index contributed by atoms with van der Waals surface area (Å²) in [5.41, 5.74) is 0.365. The van der Waals surface area contributed by atoms with E-state index >= 15 is 0 Å². The molecule has 0 aliphatic carbocycles. The summed E-state index contributed by atoms with van der Waals surface area (Å²) in [6, 6.07) is 3.24. The highest BCUT2D eigenvalue weighted by Crippen LogP contribution is 2.33. The first-order valence-electron chi connectivity index (χ1n) is 4.17. The van der Waals surface area contributed by atoms with E-state index in [4.69, 9.17) is 27.9 Å². The number of hydrogen-bond donors (Lipinski definition) is 0. The summed E-state index contributed by atoms with van der Waals surface area (Å²) >= 11 is 11.7. The highest BCUT2D eigenvalue weighted by molar-refractivity contribution is 6.44. The van der Waals surface area contributed by atoms with Crippen molar-refractivity contribution in [3.8, 4) is 5.75 Å². The third-order valence-corrected chi connectivity index (χ3v) is 2.68. The van der Waals surface area contributed by atoms with Crippen molar-refractivity contribution in [1.82, 2.24) is 0 Å². The first kappa shape index (κ1) is 11.3. The molecule has 76 valence electrons. The molecule has 0 spiro atoms. The summed E-state index contributed by atoms with van der Waals surface area (Å²) in [5.74, 6) is 0.389. The molecule has 0 unspecified atom stereocenters. The molecule has 0 aliphatic rings. The molecule has 0 amide bonds. The van der Waals surface area contributed by atoms with Crippen LogP contribution in [0.2, 0.25) is 10.0 Å². The van der Waals surface area contributed by atoms with Crippen molar-refractivity contribution < 1.29 is 9.53 Å². The molecule has 1 aromatic carbocycles. The van der Waals surface area contributed by atoms with Crippen LogP contribution in [-0.4, -0.2) is 12.9 Å². The maximum atomic E-state index is 11.5. The van der Waals surface area contributed by atoms with Crippen molar-refractivity contribution in [2.75, 3.05) is 7.11 Å². The van der Waals surface area contributed by atoms with E-state index in [1.165, 1.54) is 7.11 Å². The Labute approximate surface area is 92.8 Å². The van der Waals surface area contributed by atoms with E-state index in [1.54, 1.807) is 19.1 Å². The zero-order valence-corrected chi connectivity index (χ0v) is 9.45. The van der Waals surface area contributed by atoms with Gasteiger partial charge in [0, 0.05) is 6.42 Å². The molecule has 2 nitrogen and oxygen atoms in total. The molecule has 14 heavy (non-hydrogen) atoms. The molecule has 0 saturated carbocycles. The lowest BCUT2D eigenvalue weighted by Gasteiger charge is -2.09. The average molecular weight is 233 g/mol. The quantitative estimate of drug-likeness (QED) is 0.745. The van der Waals surface area contributed by atoms with Crippen LogP contribution in [0.1, 0.15) is 23.7 Å². The van der Waals surface area contributed by atoms with Crippen LogP contribution >= 0.6 is 23.2 Å². The van der Waals surface area contributed by atoms with Crippen LogP contribution in [0.15, 0.2) is 12.1 Å². The van der Waals surface area contributed by atoms with Crippen LogP contribution in [0.3, 0.4) is 0 Å². The average Bonchev–Trinajstić information content (AvgIpc) is 2.20. The van der Waals surface area contributed by atoms with Gasteiger partial charge in [-0.2, -0.15) is 0 Å². The highest BCUT2D eigenvalue weighted by Gasteiger charge is 2.16. The van der Waals surface area contributed by atoms with Gasteiger partial charge in [0.2, 0.25) is 0 Å². The Balaban J connectivity index is 3.35. The van der Waals surface area contributed by atoms with E-state index in [2.05, 4.69) is 0 Å². The molecule has 1 aromatic rings. The van der Waals surface area contributed by atoms with E-state index in [9.17, 15) is 4.79 Å². The number of methoxy groups -OCH3 is 1. The van der Waals surface area contributed by atoms with Gasteiger partial charge in [0.1, 0.15) is 5.75 Å². The Bertz CT molecular complexity index is 361. The van der Waals surface area contributed by atoms with Crippen molar-refractivity contribution in [3.63, 3.8) is 0 Å². The fourth-order valence-electron chi connectivity index (χ4n) is 1.14. The van der Waals surface area contributed by atoms with Crippen LogP contribution in [-0.2, 0) is 0 Å². The molecule has 4 heteroatoms. The second kappa shape index (κ2) is 4.67. The Morgan fingerprint density at radius 3 is 2.57 bits per heavy atom. The van der Waals surface area contributed by atoms with Gasteiger partial charge < -0.3 is 4.74 Å². The fraction of sp³-hybridized carbons (Fsp3) is 0.300. The van der Waals surface area contributed by atoms with Crippen LogP contribution in [0.4, 0.5) is 0 Å². The van der Waals surface area contributed by atoms with Gasteiger partial charge >= 0.3 is 0 Å². The number of carbonyl (C=O) groups is 1. The van der Waals surface area contributed by atoms with Gasteiger partial charge in [-0.05, 0) is 12.1 Å². The number of Topliss-reactive ketones (excluding diaryl/α,β-unsaturated/α-hetero) is 1. The number of carbonyl (C=O) groups excluding carboxylic acids is 1. The van der Waals surface area contributed by atoms with Crippen LogP contribution in [0, 0.1) is 0 Å². The third kappa shape index (κ3) is 2.02. The van der Waals surface area contributed by atoms with Crippen molar-refractivity contribution in [2.45, 2.75) is 13.3 Å². The number of benzene rings is 1. The van der Waals surface area contributed by atoms with Crippen LogP contribution < -0.4 is 4.74 Å². The highest BCUT2D eigenvalue weighted by atomic mass is 35.5. The monoisotopic (exact) mass is 232 g/mol. The second-order valence-corrected chi connectivity index (χ2v) is 3.50. The number of ketones is 1. The lowest BCUT2D eigenvalue weighted by molar-refractivity contribution is 0.0985. The lowest BCUT2D eigenvalue weighted by Crippen LogP contribution is -2.01. The summed E-state index contributed by atoms with van der Waals surface area (Å²) in [5, 5.41) is 0.627. The normalized spacial score (nSPS) is 10.0. The van der Waals surface area contributed by atoms with Crippen molar-refractivity contribution >= 4 is 29.0 Å². The molecule has 0 atom stereocenters. The largest absolute Gasteiger partial charge is 0.496 e. The van der Waals surface area contributed by atoms with Crippen LogP contribution in [0.25, 0.3) is 0 Å². The minimum atomic E-state index is -0.0747. The number of ether oxygens (including phenoxy) is 1. The summed E-state index contributed by atoms with van der Waals surface area (Å²) in [6.45, 7) is 1.76. The standard InChI is InChI=1S/C10H10Cl2O2/c1-3-7(13)9-8(14-2)5-4-6(11)10(9)12/h4-5H,3H2,1-2H3. The Morgan fingerprint density at radius 1 is 1.43 bits per heavy atom. The molecule has 0 saturated heterocycles. The van der Waals surface area contributed by atoms with Gasteiger partial charge in [0.15, 0.2) is 5.78 Å². The topological polar surface area (TPSA) is 26.3 Å². The van der Waals surface area contributed by atoms with Gasteiger partial charge in [0.05, 0.1) is 22.7 Å². The first-order chi connectivity index (χ1) is 6.61. The number of halogens is 2. The van der Waals surface area contributed by atoms with E-state index < -0.39 is 0 Å². The predicted octanol–water partition coefficient (Wildman–Crippen LogP) is 3.59. The second-order valence-electron chi connectivity index (χ2n) is 2.72. The summed E-state index contributed by atoms with van der Waals surface area (Å²) < 4.78 is 5.04. The molecular formula is C10H10Cl2O2. The molecule has 0 bridgehead atoms. The molecular weight excluding hydrogens is 223 g/mol. The zero-order valence-electron chi connectivity index (χ0n) is 7.93. The zero-order chi connectivity index (χ0) is 10.7. The van der Waals surface area contributed by atoms with Crippen molar-refractivity contribution in [3.05, 3.63) is 27.7 Å². The lowest BCUT2D eigenvalue weighted by atomic mass is 10.1. The number of rotatable bonds is 3. The smallest absolute Gasteiger partial charge is 0.167 e. The number of hydrogen-bond acceptors (Lipinski definition) is 2. The Morgan fingerprint density at radius 2 is 2.07 bits per heavy atom. The Kier molecular flexibility index (Phi) is 3.78. The van der Waals surface area contributed by atoms with E-state index in [0.29, 0.717) is 22.8 Å². The Hall–Kier alpha value is -0.730. The van der Waals surface area contributed by atoms with Crippen molar-refractivity contribution in [1.29, 1.82) is 0 Å². The predicted molar refractivity (Wildman–Crippen MR) is 57.6 cm³/mol. The molecule has 1 rings (SSSR count). The van der Waals surface area contributed by atoms with Gasteiger partial charge in [0.25, 0.3) is 0 Å². The maximum absolute atomic E-state index is 11.5. The SMILES string of the molecule is CCC(=O)c1c(OC)ccc(Cl)c1Cl. The first-order valence-corrected chi connectivity index (χ1v) is 4.92. The molecule has 0 fully saturated rings. The van der Waals surface area contributed by atoms with E-state index in [-0.39, 0.29) is 10.8 Å². The molecule has 0 aliphatic heterocycles. The van der Waals surface area contributed by atoms with Crippen LogP contribution in [0.5, 0.6) is 5.75 Å². The molecule has 0 heterocycles. The van der Waals surface area contributed by atoms with Crippen molar-refractivity contribution in [2.24, 2.45) is 0 Å². The minimum Gasteiger partial charge on any atom is -0.496 e. The van der Waals surface area contributed by atoms with Gasteiger partial charge in [-0.3, -0.25) is 4.79 Å². The third-order valence-electron chi connectivity index (χ3n) is 1.88. The van der Waals surface area contributed by atoms with Gasteiger partial charge in [-0.1, -0.05) is 30.1 Å². The summed E-state index contributed by atoms with van der Waals surface area (Å²) in [4.78, 5) is 11.5. The van der Waals surface area contributed by atoms with Gasteiger partial charge in [-0.15, -0.1) is 0 Å². The van der Waals surface area contributed by atoms with E-state index in [0.717, 1.165) is 0 Å². The van der Waals surface area contributed by atoms with E-state index in [1.807, 2.05) is 0 Å². The maximum Gasteiger partial charge on any atom is 0.167 e. The molecule has 0 aromatic heterocycles. The van der Waals surface area contributed by atoms with Gasteiger partial charge in [-0.25, -0.2) is 0 Å². The summed E-state index contributed by atoms with van der Waals surface area (Å²) in [6.07, 6.45) is 0.371.